The van der Waals surface area contributed by atoms with Crippen LogP contribution in [0, 0.1) is 5.92 Å². The molecular formula is C32H62O13. The third-order valence-corrected chi connectivity index (χ3v) is 6.02. The van der Waals surface area contributed by atoms with Gasteiger partial charge in [-0.2, -0.15) is 0 Å². The fraction of sp³-hybridized carbons (Fsp3) is 0.906. The highest BCUT2D eigenvalue weighted by Gasteiger charge is 2.16. The van der Waals surface area contributed by atoms with Crippen LogP contribution in [0.1, 0.15) is 39.5 Å². The Morgan fingerprint density at radius 1 is 0.489 bits per heavy atom. The van der Waals surface area contributed by atoms with Crippen LogP contribution in [0.15, 0.2) is 12.8 Å². The third-order valence-electron chi connectivity index (χ3n) is 6.02. The van der Waals surface area contributed by atoms with Crippen molar-refractivity contribution in [3.05, 3.63) is 12.8 Å². The lowest BCUT2D eigenvalue weighted by atomic mass is 10.00. The van der Waals surface area contributed by atoms with Crippen LogP contribution in [0.4, 0.5) is 0 Å². The topological polar surface area (TPSA) is 128 Å². The summed E-state index contributed by atoms with van der Waals surface area (Å²) in [7, 11) is 0. The van der Waals surface area contributed by atoms with Crippen molar-refractivity contribution in [3.63, 3.8) is 0 Å². The second-order valence-corrected chi connectivity index (χ2v) is 9.58. The molecule has 0 amide bonds. The van der Waals surface area contributed by atoms with E-state index in [1.54, 1.807) is 0 Å². The maximum absolute atomic E-state index is 12.0. The quantitative estimate of drug-likeness (QED) is 0.0548. The Morgan fingerprint density at radius 2 is 0.778 bits per heavy atom. The highest BCUT2D eigenvalue weighted by atomic mass is 16.6. The summed E-state index contributed by atoms with van der Waals surface area (Å²) in [6.07, 6.45) is 5.23. The van der Waals surface area contributed by atoms with Crippen molar-refractivity contribution < 1.29 is 61.6 Å². The Kier molecular flexibility index (Phi) is 37.6. The molecule has 13 nitrogen and oxygen atoms in total. The third kappa shape index (κ3) is 35.3. The highest BCUT2D eigenvalue weighted by Crippen LogP contribution is 2.14. The van der Waals surface area contributed by atoms with E-state index in [4.69, 9.17) is 56.8 Å². The molecule has 0 fully saturated rings. The molecule has 268 valence electrons. The van der Waals surface area contributed by atoms with Crippen molar-refractivity contribution >= 4 is 5.97 Å². The van der Waals surface area contributed by atoms with Gasteiger partial charge in [-0.3, -0.25) is 4.79 Å². The fourth-order valence-corrected chi connectivity index (χ4v) is 3.53. The van der Waals surface area contributed by atoms with E-state index in [0.29, 0.717) is 139 Å². The van der Waals surface area contributed by atoms with Crippen molar-refractivity contribution in [2.75, 3.05) is 145 Å². The van der Waals surface area contributed by atoms with Crippen molar-refractivity contribution in [1.82, 2.24) is 0 Å². The van der Waals surface area contributed by atoms with E-state index >= 15 is 0 Å². The molecule has 1 atom stereocenters. The number of unbranched alkanes of at least 4 members (excludes halogenated alkanes) is 1. The van der Waals surface area contributed by atoms with Gasteiger partial charge >= 0.3 is 5.97 Å². The van der Waals surface area contributed by atoms with Crippen LogP contribution in [-0.2, 0) is 61.6 Å². The van der Waals surface area contributed by atoms with E-state index in [9.17, 15) is 4.79 Å². The average Bonchev–Trinajstić information content (AvgIpc) is 3.05. The van der Waals surface area contributed by atoms with E-state index in [-0.39, 0.29) is 18.5 Å². The number of hydrogen-bond donors (Lipinski definition) is 0. The lowest BCUT2D eigenvalue weighted by molar-refractivity contribution is -0.150. The molecule has 0 bridgehead atoms. The molecule has 0 aromatic heterocycles. The Morgan fingerprint density at radius 3 is 1.04 bits per heavy atom. The minimum atomic E-state index is -0.120. The van der Waals surface area contributed by atoms with Gasteiger partial charge in [0.1, 0.15) is 13.2 Å². The summed E-state index contributed by atoms with van der Waals surface area (Å²) in [5.41, 5.74) is 0. The molecule has 0 aliphatic heterocycles. The summed E-state index contributed by atoms with van der Waals surface area (Å²) in [5, 5.41) is 0. The molecule has 0 aliphatic carbocycles. The molecule has 0 saturated carbocycles. The van der Waals surface area contributed by atoms with Crippen LogP contribution in [0.2, 0.25) is 0 Å². The first-order chi connectivity index (χ1) is 22.3. The van der Waals surface area contributed by atoms with Crippen molar-refractivity contribution in [2.45, 2.75) is 39.5 Å². The molecule has 45 heavy (non-hydrogen) atoms. The molecule has 0 spiro atoms. The number of carbonyl (C=O) groups excluding carboxylic acids is 1. The minimum absolute atomic E-state index is 0.00331. The van der Waals surface area contributed by atoms with E-state index in [1.807, 2.05) is 6.92 Å². The zero-order valence-electron chi connectivity index (χ0n) is 28.1. The predicted molar refractivity (Wildman–Crippen MR) is 169 cm³/mol. The molecule has 0 rings (SSSR count). The fourth-order valence-electron chi connectivity index (χ4n) is 3.53. The summed E-state index contributed by atoms with van der Waals surface area (Å²) >= 11 is 0. The Labute approximate surface area is 271 Å². The van der Waals surface area contributed by atoms with Gasteiger partial charge < -0.3 is 56.8 Å². The molecule has 0 aromatic rings. The number of hydrogen-bond acceptors (Lipinski definition) is 13. The second kappa shape index (κ2) is 38.8. The van der Waals surface area contributed by atoms with Gasteiger partial charge in [-0.05, 0) is 12.8 Å². The van der Waals surface area contributed by atoms with Crippen molar-refractivity contribution in [3.8, 4) is 0 Å². The van der Waals surface area contributed by atoms with Crippen LogP contribution in [-0.4, -0.2) is 151 Å². The SMILES string of the molecule is C=COCCOCCOCCOCCOCCOCCOCCOCCOCCOCCOCCOC(=O)C(CC)CCCC. The number of ether oxygens (including phenoxy) is 12. The predicted octanol–water partition coefficient (Wildman–Crippen LogP) is 3.07. The number of rotatable bonds is 39. The van der Waals surface area contributed by atoms with Crippen LogP contribution in [0.25, 0.3) is 0 Å². The molecule has 0 radical (unpaired) electrons. The standard InChI is InChI=1S/C32H62O13/c1-4-7-8-31(5-2)32(33)45-30-29-44-28-27-43-26-25-42-24-23-41-22-21-40-20-19-39-18-17-38-16-15-37-14-13-36-12-11-35-10-9-34-6-3/h6,31H,3-5,7-30H2,1-2H3. The maximum atomic E-state index is 12.0. The van der Waals surface area contributed by atoms with Gasteiger partial charge in [0.2, 0.25) is 0 Å². The summed E-state index contributed by atoms with van der Waals surface area (Å²) in [6, 6.07) is 0. The number of esters is 1. The van der Waals surface area contributed by atoms with E-state index in [1.165, 1.54) is 6.26 Å². The largest absolute Gasteiger partial charge is 0.499 e. The van der Waals surface area contributed by atoms with Crippen LogP contribution in [0.5, 0.6) is 0 Å². The molecule has 0 aromatic carbocycles. The second-order valence-electron chi connectivity index (χ2n) is 9.58. The minimum Gasteiger partial charge on any atom is -0.499 e. The van der Waals surface area contributed by atoms with Gasteiger partial charge in [0, 0.05) is 0 Å². The lowest BCUT2D eigenvalue weighted by Crippen LogP contribution is -2.20. The van der Waals surface area contributed by atoms with Crippen molar-refractivity contribution in [1.29, 1.82) is 0 Å². The van der Waals surface area contributed by atoms with Crippen LogP contribution in [0.3, 0.4) is 0 Å². The normalized spacial score (nSPS) is 12.0. The van der Waals surface area contributed by atoms with Gasteiger partial charge in [0.25, 0.3) is 0 Å². The van der Waals surface area contributed by atoms with Gasteiger partial charge in [-0.15, -0.1) is 0 Å². The van der Waals surface area contributed by atoms with E-state index < -0.39 is 0 Å². The molecule has 0 saturated heterocycles. The van der Waals surface area contributed by atoms with Gasteiger partial charge in [-0.1, -0.05) is 33.3 Å². The first-order valence-corrected chi connectivity index (χ1v) is 16.4. The van der Waals surface area contributed by atoms with Gasteiger partial charge in [0.05, 0.1) is 144 Å². The summed E-state index contributed by atoms with van der Waals surface area (Å²) < 4.78 is 64.6. The molecule has 1 unspecified atom stereocenters. The molecule has 0 aliphatic rings. The molecule has 0 heterocycles. The Balaban J connectivity index is 3.14. The Hall–Kier alpha value is -1.39. The monoisotopic (exact) mass is 654 g/mol. The first kappa shape index (κ1) is 43.6. The first-order valence-electron chi connectivity index (χ1n) is 16.4. The van der Waals surface area contributed by atoms with E-state index in [2.05, 4.69) is 13.5 Å². The molecule has 0 N–H and O–H groups in total. The van der Waals surface area contributed by atoms with Crippen molar-refractivity contribution in [2.24, 2.45) is 5.92 Å². The lowest BCUT2D eigenvalue weighted by Gasteiger charge is -2.13. The smallest absolute Gasteiger partial charge is 0.308 e. The molecular weight excluding hydrogens is 592 g/mol. The van der Waals surface area contributed by atoms with Crippen LogP contribution >= 0.6 is 0 Å². The maximum Gasteiger partial charge on any atom is 0.308 e. The highest BCUT2D eigenvalue weighted by molar-refractivity contribution is 5.72. The summed E-state index contributed by atoms with van der Waals surface area (Å²) in [5.74, 6) is -0.124. The van der Waals surface area contributed by atoms with Crippen LogP contribution < -0.4 is 0 Å². The summed E-state index contributed by atoms with van der Waals surface area (Å²) in [6.45, 7) is 18.3. The zero-order valence-corrected chi connectivity index (χ0v) is 28.1. The van der Waals surface area contributed by atoms with Gasteiger partial charge in [-0.25, -0.2) is 0 Å². The average molecular weight is 655 g/mol. The number of carbonyl (C=O) groups is 1. The van der Waals surface area contributed by atoms with E-state index in [0.717, 1.165) is 25.7 Å². The molecule has 13 heteroatoms. The Bertz CT molecular complexity index is 597. The van der Waals surface area contributed by atoms with Gasteiger partial charge in [0.15, 0.2) is 0 Å². The summed E-state index contributed by atoms with van der Waals surface area (Å²) in [4.78, 5) is 12.0. The zero-order chi connectivity index (χ0) is 32.7.